The number of rotatable bonds is 5. The summed E-state index contributed by atoms with van der Waals surface area (Å²) in [6, 6.07) is 11.6. The van der Waals surface area contributed by atoms with E-state index in [1.54, 1.807) is 24.7 Å². The largest absolute Gasteiger partial charge is 0.493 e. The molecule has 1 aliphatic rings. The summed E-state index contributed by atoms with van der Waals surface area (Å²) >= 11 is 0. The average molecular weight is 405 g/mol. The van der Waals surface area contributed by atoms with Gasteiger partial charge in [-0.25, -0.2) is 4.98 Å². The minimum atomic E-state index is -0.105. The zero-order valence-electron chi connectivity index (χ0n) is 17.9. The van der Waals surface area contributed by atoms with E-state index in [-0.39, 0.29) is 5.56 Å². The second-order valence-electron chi connectivity index (χ2n) is 7.76. The number of aromatic nitrogens is 2. The van der Waals surface area contributed by atoms with E-state index >= 15 is 0 Å². The zero-order chi connectivity index (χ0) is 21.3. The number of benzene rings is 1. The van der Waals surface area contributed by atoms with Crippen LogP contribution in [0.3, 0.4) is 0 Å². The van der Waals surface area contributed by atoms with Crippen molar-refractivity contribution in [3.8, 4) is 22.8 Å². The molecule has 156 valence electrons. The Morgan fingerprint density at radius 3 is 2.43 bits per heavy atom. The van der Waals surface area contributed by atoms with Crippen molar-refractivity contribution in [3.63, 3.8) is 0 Å². The normalized spacial score (nSPS) is 14.8. The van der Waals surface area contributed by atoms with E-state index in [4.69, 9.17) is 14.5 Å². The van der Waals surface area contributed by atoms with Gasteiger partial charge in [-0.1, -0.05) is 6.08 Å². The maximum absolute atomic E-state index is 12.9. The summed E-state index contributed by atoms with van der Waals surface area (Å²) < 4.78 is 12.3. The van der Waals surface area contributed by atoms with Crippen molar-refractivity contribution in [3.05, 3.63) is 64.6 Å². The molecule has 30 heavy (non-hydrogen) atoms. The van der Waals surface area contributed by atoms with E-state index in [2.05, 4.69) is 30.9 Å². The second-order valence-corrected chi connectivity index (χ2v) is 7.76. The van der Waals surface area contributed by atoms with Crippen molar-refractivity contribution in [2.24, 2.45) is 0 Å². The van der Waals surface area contributed by atoms with Gasteiger partial charge in [0.1, 0.15) is 5.65 Å². The molecule has 3 heterocycles. The summed E-state index contributed by atoms with van der Waals surface area (Å²) in [5.41, 5.74) is 4.29. The van der Waals surface area contributed by atoms with Crippen molar-refractivity contribution in [1.29, 1.82) is 0 Å². The van der Waals surface area contributed by atoms with E-state index in [0.717, 1.165) is 30.6 Å². The Bertz CT molecular complexity index is 1160. The second kappa shape index (κ2) is 8.32. The molecule has 1 aromatic carbocycles. The first-order valence-electron chi connectivity index (χ1n) is 10.2. The molecule has 2 aromatic heterocycles. The minimum Gasteiger partial charge on any atom is -0.493 e. The molecule has 4 rings (SSSR count). The Hall–Kier alpha value is -3.12. The number of pyridine rings is 1. The number of hydrogen-bond donors (Lipinski definition) is 0. The monoisotopic (exact) mass is 405 g/mol. The van der Waals surface area contributed by atoms with Crippen LogP contribution in [0.1, 0.15) is 25.8 Å². The summed E-state index contributed by atoms with van der Waals surface area (Å²) in [5.74, 6) is 1.24. The highest BCUT2D eigenvalue weighted by molar-refractivity contribution is 5.69. The molecule has 0 saturated heterocycles. The average Bonchev–Trinajstić information content (AvgIpc) is 2.78. The van der Waals surface area contributed by atoms with E-state index in [0.29, 0.717) is 28.9 Å². The first-order chi connectivity index (χ1) is 14.5. The summed E-state index contributed by atoms with van der Waals surface area (Å²) in [7, 11) is 3.18. The molecule has 0 fully saturated rings. The fourth-order valence-electron chi connectivity index (χ4n) is 3.85. The SMILES string of the molecule is COc1ccc(-c2cc(=O)n3cc(C4=CCN(C(C)C)CC4)ccc3n2)cc1OC. The highest BCUT2D eigenvalue weighted by Gasteiger charge is 2.16. The smallest absolute Gasteiger partial charge is 0.258 e. The molecule has 1 aliphatic heterocycles. The van der Waals surface area contributed by atoms with Crippen LogP contribution < -0.4 is 15.0 Å². The van der Waals surface area contributed by atoms with Gasteiger partial charge >= 0.3 is 0 Å². The lowest BCUT2D eigenvalue weighted by Crippen LogP contribution is -2.34. The summed E-state index contributed by atoms with van der Waals surface area (Å²) in [6.45, 7) is 6.41. The standard InChI is InChI=1S/C24H27N3O3/c1-16(2)26-11-9-17(10-12-26)19-6-8-23-25-20(14-24(28)27(23)15-19)18-5-7-21(29-3)22(13-18)30-4/h5-9,13-16H,10-12H2,1-4H3. The van der Waals surface area contributed by atoms with Crippen LogP contribution in [0.15, 0.2) is 53.5 Å². The third-order valence-corrected chi connectivity index (χ3v) is 5.68. The van der Waals surface area contributed by atoms with Crippen LogP contribution in [-0.4, -0.2) is 47.6 Å². The predicted molar refractivity (Wildman–Crippen MR) is 119 cm³/mol. The molecular formula is C24H27N3O3. The number of fused-ring (bicyclic) bond motifs is 1. The molecule has 6 heteroatoms. The number of hydrogen-bond acceptors (Lipinski definition) is 5. The molecule has 6 nitrogen and oxygen atoms in total. The Labute approximate surface area is 176 Å². The molecule has 0 bridgehead atoms. The molecular weight excluding hydrogens is 378 g/mol. The van der Waals surface area contributed by atoms with Gasteiger partial charge in [0.05, 0.1) is 19.9 Å². The highest BCUT2D eigenvalue weighted by atomic mass is 16.5. The fraction of sp³-hybridized carbons (Fsp3) is 0.333. The van der Waals surface area contributed by atoms with Gasteiger partial charge in [0, 0.05) is 37.0 Å². The Morgan fingerprint density at radius 2 is 1.77 bits per heavy atom. The van der Waals surface area contributed by atoms with Crippen LogP contribution in [0.2, 0.25) is 0 Å². The van der Waals surface area contributed by atoms with Crippen molar-refractivity contribution in [1.82, 2.24) is 14.3 Å². The number of ether oxygens (including phenoxy) is 2. The lowest BCUT2D eigenvalue weighted by atomic mass is 10.0. The van der Waals surface area contributed by atoms with Gasteiger partial charge in [-0.3, -0.25) is 14.1 Å². The Balaban J connectivity index is 1.70. The van der Waals surface area contributed by atoms with Crippen LogP contribution in [0.5, 0.6) is 11.5 Å². The maximum Gasteiger partial charge on any atom is 0.258 e. The van der Waals surface area contributed by atoms with Crippen LogP contribution >= 0.6 is 0 Å². The minimum absolute atomic E-state index is 0.105. The Kier molecular flexibility index (Phi) is 5.59. The molecule has 0 aliphatic carbocycles. The van der Waals surface area contributed by atoms with E-state index in [1.807, 2.05) is 30.5 Å². The van der Waals surface area contributed by atoms with Gasteiger partial charge in [0.25, 0.3) is 5.56 Å². The fourth-order valence-corrected chi connectivity index (χ4v) is 3.85. The summed E-state index contributed by atoms with van der Waals surface area (Å²) in [6.07, 6.45) is 5.15. The predicted octanol–water partition coefficient (Wildman–Crippen LogP) is 3.88. The van der Waals surface area contributed by atoms with Crippen molar-refractivity contribution in [2.75, 3.05) is 27.3 Å². The van der Waals surface area contributed by atoms with Gasteiger partial charge in [-0.15, -0.1) is 0 Å². The van der Waals surface area contributed by atoms with Gasteiger partial charge in [0.2, 0.25) is 0 Å². The third-order valence-electron chi connectivity index (χ3n) is 5.68. The molecule has 0 N–H and O–H groups in total. The van der Waals surface area contributed by atoms with Gasteiger partial charge in [-0.05, 0) is 61.7 Å². The lowest BCUT2D eigenvalue weighted by Gasteiger charge is -2.29. The van der Waals surface area contributed by atoms with Gasteiger partial charge < -0.3 is 9.47 Å². The number of methoxy groups -OCH3 is 2. The zero-order valence-corrected chi connectivity index (χ0v) is 17.9. The third kappa shape index (κ3) is 3.83. The quantitative estimate of drug-likeness (QED) is 0.645. The van der Waals surface area contributed by atoms with Crippen molar-refractivity contribution < 1.29 is 9.47 Å². The maximum atomic E-state index is 12.9. The topological polar surface area (TPSA) is 56.1 Å². The lowest BCUT2D eigenvalue weighted by molar-refractivity contribution is 0.245. The molecule has 0 unspecified atom stereocenters. The van der Waals surface area contributed by atoms with Crippen LogP contribution in [0, 0.1) is 0 Å². The molecule has 0 radical (unpaired) electrons. The van der Waals surface area contributed by atoms with Crippen molar-refractivity contribution >= 4 is 11.2 Å². The van der Waals surface area contributed by atoms with E-state index in [1.165, 1.54) is 5.57 Å². The number of nitrogens with zero attached hydrogens (tertiary/aromatic N) is 3. The summed E-state index contributed by atoms with van der Waals surface area (Å²) in [5, 5.41) is 0. The van der Waals surface area contributed by atoms with Crippen LogP contribution in [0.25, 0.3) is 22.5 Å². The molecule has 0 spiro atoms. The van der Waals surface area contributed by atoms with Crippen LogP contribution in [-0.2, 0) is 0 Å². The molecule has 3 aromatic rings. The van der Waals surface area contributed by atoms with Crippen molar-refractivity contribution in [2.45, 2.75) is 26.3 Å². The van der Waals surface area contributed by atoms with Crippen LogP contribution in [0.4, 0.5) is 0 Å². The molecule has 0 saturated carbocycles. The molecule has 0 atom stereocenters. The molecule has 0 amide bonds. The summed E-state index contributed by atoms with van der Waals surface area (Å²) in [4.78, 5) is 20.0. The van der Waals surface area contributed by atoms with Gasteiger partial charge in [-0.2, -0.15) is 0 Å². The first-order valence-corrected chi connectivity index (χ1v) is 10.2. The van der Waals surface area contributed by atoms with Gasteiger partial charge in [0.15, 0.2) is 11.5 Å². The van der Waals surface area contributed by atoms with E-state index in [9.17, 15) is 4.79 Å². The Morgan fingerprint density at radius 1 is 1.00 bits per heavy atom. The highest BCUT2D eigenvalue weighted by Crippen LogP contribution is 2.31. The first kappa shape index (κ1) is 20.2. The van der Waals surface area contributed by atoms with E-state index < -0.39 is 0 Å².